The fourth-order valence-electron chi connectivity index (χ4n) is 1.08. The van der Waals surface area contributed by atoms with Crippen LogP contribution in [0.5, 0.6) is 0 Å². The minimum atomic E-state index is 1.22. The van der Waals surface area contributed by atoms with E-state index in [2.05, 4.69) is 38.8 Å². The van der Waals surface area contributed by atoms with Crippen LogP contribution in [0.4, 0.5) is 0 Å². The summed E-state index contributed by atoms with van der Waals surface area (Å²) in [7, 11) is 0. The van der Waals surface area contributed by atoms with Crippen molar-refractivity contribution >= 4 is 17.4 Å². The van der Waals surface area contributed by atoms with E-state index in [4.69, 9.17) is 0 Å². The molecule has 0 saturated carbocycles. The molecule has 0 amide bonds. The van der Waals surface area contributed by atoms with E-state index < -0.39 is 0 Å². The summed E-state index contributed by atoms with van der Waals surface area (Å²) in [5, 5.41) is 2.19. The molecule has 1 rings (SSSR count). The number of rotatable bonds is 2. The Labute approximate surface area is 78.2 Å². The summed E-state index contributed by atoms with van der Waals surface area (Å²) in [6, 6.07) is 0. The summed E-state index contributed by atoms with van der Waals surface area (Å²) in [5.74, 6) is 0. The standard InChI is InChI=1S/C11H14S/c1-5-8(2)6-11-9(3)7-12-10(11)4/h5-7H,1H2,2-4H3/b8-6-. The first-order valence-electron chi connectivity index (χ1n) is 4.00. The molecule has 1 aromatic rings. The largest absolute Gasteiger partial charge is 0.148 e. The van der Waals surface area contributed by atoms with Crippen LogP contribution in [-0.2, 0) is 0 Å². The second-order valence-electron chi connectivity index (χ2n) is 2.98. The van der Waals surface area contributed by atoms with Gasteiger partial charge in [-0.05, 0) is 37.3 Å². The lowest BCUT2D eigenvalue weighted by Gasteiger charge is -1.95. The van der Waals surface area contributed by atoms with Gasteiger partial charge >= 0.3 is 0 Å². The highest BCUT2D eigenvalue weighted by Gasteiger charge is 2.00. The molecule has 0 radical (unpaired) electrons. The Bertz CT molecular complexity index is 296. The highest BCUT2D eigenvalue weighted by Crippen LogP contribution is 2.23. The van der Waals surface area contributed by atoms with Crippen molar-refractivity contribution in [3.05, 3.63) is 39.6 Å². The Hall–Kier alpha value is -0.820. The highest BCUT2D eigenvalue weighted by atomic mass is 32.1. The van der Waals surface area contributed by atoms with Crippen molar-refractivity contribution in [2.75, 3.05) is 0 Å². The van der Waals surface area contributed by atoms with Crippen LogP contribution < -0.4 is 0 Å². The molecule has 0 aliphatic heterocycles. The lowest BCUT2D eigenvalue weighted by molar-refractivity contribution is 1.45. The van der Waals surface area contributed by atoms with E-state index in [0.29, 0.717) is 0 Å². The van der Waals surface area contributed by atoms with E-state index in [-0.39, 0.29) is 0 Å². The van der Waals surface area contributed by atoms with Gasteiger partial charge in [0.2, 0.25) is 0 Å². The van der Waals surface area contributed by atoms with E-state index in [1.165, 1.54) is 21.6 Å². The Kier molecular flexibility index (Phi) is 2.88. The molecule has 0 aliphatic carbocycles. The lowest BCUT2D eigenvalue weighted by Crippen LogP contribution is -1.76. The molecule has 0 spiro atoms. The van der Waals surface area contributed by atoms with Gasteiger partial charge in [0, 0.05) is 4.88 Å². The molecule has 0 N–H and O–H groups in total. The van der Waals surface area contributed by atoms with Crippen LogP contribution in [0.25, 0.3) is 6.08 Å². The Balaban J connectivity index is 3.10. The molecule has 1 heteroatoms. The third-order valence-electron chi connectivity index (χ3n) is 1.91. The second-order valence-corrected chi connectivity index (χ2v) is 4.06. The minimum Gasteiger partial charge on any atom is -0.148 e. The molecule has 0 atom stereocenters. The SMILES string of the molecule is C=C/C(C)=C\c1c(C)csc1C. The van der Waals surface area contributed by atoms with Gasteiger partial charge in [-0.1, -0.05) is 24.3 Å². The van der Waals surface area contributed by atoms with Crippen molar-refractivity contribution in [2.24, 2.45) is 0 Å². The molecule has 0 nitrogen and oxygen atoms in total. The average Bonchev–Trinajstić information content (AvgIpc) is 2.35. The summed E-state index contributed by atoms with van der Waals surface area (Å²) in [6.45, 7) is 10.1. The van der Waals surface area contributed by atoms with Crippen LogP contribution in [0.2, 0.25) is 0 Å². The third-order valence-corrected chi connectivity index (χ3v) is 2.96. The van der Waals surface area contributed by atoms with E-state index in [1.807, 2.05) is 6.08 Å². The van der Waals surface area contributed by atoms with Gasteiger partial charge in [0.25, 0.3) is 0 Å². The van der Waals surface area contributed by atoms with Crippen molar-refractivity contribution in [3.63, 3.8) is 0 Å². The highest BCUT2D eigenvalue weighted by molar-refractivity contribution is 7.10. The van der Waals surface area contributed by atoms with Gasteiger partial charge in [-0.15, -0.1) is 11.3 Å². The molecule has 0 unspecified atom stereocenters. The fraction of sp³-hybridized carbons (Fsp3) is 0.273. The molecule has 64 valence electrons. The molecule has 0 aromatic carbocycles. The summed E-state index contributed by atoms with van der Waals surface area (Å²) in [6.07, 6.45) is 4.07. The van der Waals surface area contributed by atoms with Crippen molar-refractivity contribution in [2.45, 2.75) is 20.8 Å². The molecule has 1 heterocycles. The van der Waals surface area contributed by atoms with Gasteiger partial charge in [0.1, 0.15) is 0 Å². The number of hydrogen-bond donors (Lipinski definition) is 0. The molecule has 0 aliphatic rings. The summed E-state index contributed by atoms with van der Waals surface area (Å²) in [4.78, 5) is 1.38. The summed E-state index contributed by atoms with van der Waals surface area (Å²) >= 11 is 1.80. The lowest BCUT2D eigenvalue weighted by atomic mass is 10.1. The monoisotopic (exact) mass is 178 g/mol. The molecule has 12 heavy (non-hydrogen) atoms. The van der Waals surface area contributed by atoms with Gasteiger partial charge in [0.15, 0.2) is 0 Å². The normalized spacial score (nSPS) is 11.8. The van der Waals surface area contributed by atoms with E-state index in [1.54, 1.807) is 11.3 Å². The van der Waals surface area contributed by atoms with Gasteiger partial charge in [-0.2, -0.15) is 0 Å². The van der Waals surface area contributed by atoms with Crippen LogP contribution in [0.3, 0.4) is 0 Å². The first kappa shape index (κ1) is 9.27. The van der Waals surface area contributed by atoms with Crippen LogP contribution in [0.15, 0.2) is 23.6 Å². The number of allylic oxidation sites excluding steroid dienone is 2. The Morgan fingerprint density at radius 2 is 2.17 bits per heavy atom. The van der Waals surface area contributed by atoms with Gasteiger partial charge in [0.05, 0.1) is 0 Å². The summed E-state index contributed by atoms with van der Waals surface area (Å²) < 4.78 is 0. The maximum Gasteiger partial charge on any atom is 0.00894 e. The van der Waals surface area contributed by atoms with Gasteiger partial charge in [-0.3, -0.25) is 0 Å². The van der Waals surface area contributed by atoms with Crippen LogP contribution in [0.1, 0.15) is 22.9 Å². The van der Waals surface area contributed by atoms with Crippen LogP contribution in [0, 0.1) is 13.8 Å². The molecule has 0 fully saturated rings. The predicted octanol–water partition coefficient (Wildman–Crippen LogP) is 3.95. The topological polar surface area (TPSA) is 0 Å². The van der Waals surface area contributed by atoms with Crippen molar-refractivity contribution in [3.8, 4) is 0 Å². The van der Waals surface area contributed by atoms with Gasteiger partial charge in [-0.25, -0.2) is 0 Å². The second kappa shape index (κ2) is 3.72. The van der Waals surface area contributed by atoms with Crippen LogP contribution >= 0.6 is 11.3 Å². The van der Waals surface area contributed by atoms with Crippen molar-refractivity contribution < 1.29 is 0 Å². The van der Waals surface area contributed by atoms with Crippen LogP contribution in [-0.4, -0.2) is 0 Å². The number of thiophene rings is 1. The minimum absolute atomic E-state index is 1.22. The maximum atomic E-state index is 3.74. The quantitative estimate of drug-likeness (QED) is 0.601. The molecule has 1 aromatic heterocycles. The zero-order chi connectivity index (χ0) is 9.14. The number of aryl methyl sites for hydroxylation is 2. The average molecular weight is 178 g/mol. The maximum absolute atomic E-state index is 3.74. The van der Waals surface area contributed by atoms with E-state index in [0.717, 1.165) is 0 Å². The Morgan fingerprint density at radius 1 is 1.50 bits per heavy atom. The first-order chi connectivity index (χ1) is 5.65. The zero-order valence-electron chi connectivity index (χ0n) is 7.85. The van der Waals surface area contributed by atoms with E-state index in [9.17, 15) is 0 Å². The molecular weight excluding hydrogens is 164 g/mol. The zero-order valence-corrected chi connectivity index (χ0v) is 8.66. The first-order valence-corrected chi connectivity index (χ1v) is 4.88. The van der Waals surface area contributed by atoms with E-state index >= 15 is 0 Å². The molecule has 0 bridgehead atoms. The fourth-order valence-corrected chi connectivity index (χ4v) is 1.91. The number of hydrogen-bond acceptors (Lipinski definition) is 1. The van der Waals surface area contributed by atoms with Crippen molar-refractivity contribution in [1.82, 2.24) is 0 Å². The van der Waals surface area contributed by atoms with Gasteiger partial charge < -0.3 is 0 Å². The third kappa shape index (κ3) is 1.86. The molecule has 0 saturated heterocycles. The Morgan fingerprint density at radius 3 is 2.58 bits per heavy atom. The van der Waals surface area contributed by atoms with Crippen molar-refractivity contribution in [1.29, 1.82) is 0 Å². The smallest absolute Gasteiger partial charge is 0.00894 e. The molecular formula is C11H14S. The summed E-state index contributed by atoms with van der Waals surface area (Å²) in [5.41, 5.74) is 3.94. The predicted molar refractivity (Wildman–Crippen MR) is 57.6 cm³/mol.